The summed E-state index contributed by atoms with van der Waals surface area (Å²) in [6.45, 7) is 5.08. The highest BCUT2D eigenvalue weighted by atomic mass is 15.5. The molecular formula is C22H25N7. The van der Waals surface area contributed by atoms with Gasteiger partial charge in [0.1, 0.15) is 5.82 Å². The molecular weight excluding hydrogens is 362 g/mol. The SMILES string of the molecule is CCCc1nc(CCC)n(Cc2ccc(-c3cccc(-c4nnn[nH]4)c3)cc2)n1. The fourth-order valence-electron chi connectivity index (χ4n) is 3.39. The van der Waals surface area contributed by atoms with Crippen molar-refractivity contribution in [2.24, 2.45) is 0 Å². The zero-order chi connectivity index (χ0) is 20.1. The van der Waals surface area contributed by atoms with E-state index in [1.165, 1.54) is 5.56 Å². The number of tetrazole rings is 1. The number of aromatic amines is 1. The lowest BCUT2D eigenvalue weighted by atomic mass is 10.0. The van der Waals surface area contributed by atoms with Crippen molar-refractivity contribution >= 4 is 0 Å². The number of aryl methyl sites for hydroxylation is 2. The van der Waals surface area contributed by atoms with E-state index in [2.05, 4.69) is 75.6 Å². The third kappa shape index (κ3) is 4.39. The molecule has 7 heteroatoms. The van der Waals surface area contributed by atoms with Gasteiger partial charge >= 0.3 is 0 Å². The number of nitrogens with zero attached hydrogens (tertiary/aromatic N) is 6. The zero-order valence-corrected chi connectivity index (χ0v) is 16.8. The van der Waals surface area contributed by atoms with Crippen molar-refractivity contribution < 1.29 is 0 Å². The van der Waals surface area contributed by atoms with E-state index in [4.69, 9.17) is 10.1 Å². The van der Waals surface area contributed by atoms with Gasteiger partial charge in [0.2, 0.25) is 0 Å². The Morgan fingerprint density at radius 1 is 0.897 bits per heavy atom. The second kappa shape index (κ2) is 8.77. The van der Waals surface area contributed by atoms with E-state index in [0.717, 1.165) is 60.6 Å². The molecule has 0 amide bonds. The highest BCUT2D eigenvalue weighted by Gasteiger charge is 2.10. The molecule has 0 aliphatic heterocycles. The minimum Gasteiger partial charge on any atom is -0.245 e. The summed E-state index contributed by atoms with van der Waals surface area (Å²) < 4.78 is 2.06. The van der Waals surface area contributed by atoms with Crippen LogP contribution in [0.1, 0.15) is 43.9 Å². The maximum absolute atomic E-state index is 4.72. The van der Waals surface area contributed by atoms with Crippen LogP contribution in [-0.2, 0) is 19.4 Å². The number of benzene rings is 2. The fraction of sp³-hybridized carbons (Fsp3) is 0.318. The van der Waals surface area contributed by atoms with Gasteiger partial charge in [-0.2, -0.15) is 5.10 Å². The number of hydrogen-bond donors (Lipinski definition) is 1. The third-order valence-electron chi connectivity index (χ3n) is 4.84. The van der Waals surface area contributed by atoms with Gasteiger partial charge in [0.25, 0.3) is 0 Å². The summed E-state index contributed by atoms with van der Waals surface area (Å²) in [5.41, 5.74) is 4.46. The second-order valence-electron chi connectivity index (χ2n) is 7.13. The Hall–Kier alpha value is -3.35. The van der Waals surface area contributed by atoms with Crippen LogP contribution in [0.3, 0.4) is 0 Å². The number of hydrogen-bond acceptors (Lipinski definition) is 5. The number of H-pyrrole nitrogens is 1. The van der Waals surface area contributed by atoms with Crippen molar-refractivity contribution in [3.8, 4) is 22.5 Å². The first kappa shape index (κ1) is 19.0. The molecule has 0 saturated carbocycles. The molecule has 2 aromatic heterocycles. The largest absolute Gasteiger partial charge is 0.245 e. The van der Waals surface area contributed by atoms with Gasteiger partial charge in [0.05, 0.1) is 6.54 Å². The molecule has 7 nitrogen and oxygen atoms in total. The maximum Gasteiger partial charge on any atom is 0.179 e. The number of nitrogens with one attached hydrogen (secondary N) is 1. The van der Waals surface area contributed by atoms with Crippen molar-refractivity contribution in [1.29, 1.82) is 0 Å². The molecule has 0 fully saturated rings. The lowest BCUT2D eigenvalue weighted by Crippen LogP contribution is -2.07. The molecule has 0 spiro atoms. The van der Waals surface area contributed by atoms with E-state index >= 15 is 0 Å². The lowest BCUT2D eigenvalue weighted by molar-refractivity contribution is 0.623. The average Bonchev–Trinajstić information content (AvgIpc) is 3.40. The quantitative estimate of drug-likeness (QED) is 0.492. The van der Waals surface area contributed by atoms with Crippen LogP contribution in [-0.4, -0.2) is 35.4 Å². The summed E-state index contributed by atoms with van der Waals surface area (Å²) >= 11 is 0. The van der Waals surface area contributed by atoms with Crippen LogP contribution in [0.15, 0.2) is 48.5 Å². The van der Waals surface area contributed by atoms with Gasteiger partial charge in [-0.05, 0) is 46.0 Å². The first-order chi connectivity index (χ1) is 14.3. The highest BCUT2D eigenvalue weighted by molar-refractivity contribution is 5.70. The van der Waals surface area contributed by atoms with Gasteiger partial charge in [-0.15, -0.1) is 5.10 Å². The van der Waals surface area contributed by atoms with Gasteiger partial charge in [-0.1, -0.05) is 56.3 Å². The molecule has 4 aromatic rings. The Bertz CT molecular complexity index is 1050. The van der Waals surface area contributed by atoms with Crippen LogP contribution in [0, 0.1) is 0 Å². The van der Waals surface area contributed by atoms with E-state index in [9.17, 15) is 0 Å². The molecule has 29 heavy (non-hydrogen) atoms. The summed E-state index contributed by atoms with van der Waals surface area (Å²) in [5.74, 6) is 2.70. The molecule has 0 bridgehead atoms. The zero-order valence-electron chi connectivity index (χ0n) is 16.8. The van der Waals surface area contributed by atoms with Crippen LogP contribution >= 0.6 is 0 Å². The van der Waals surface area contributed by atoms with E-state index in [-0.39, 0.29) is 0 Å². The molecule has 0 aliphatic carbocycles. The van der Waals surface area contributed by atoms with Crippen molar-refractivity contribution in [3.05, 3.63) is 65.7 Å². The Morgan fingerprint density at radius 2 is 1.69 bits per heavy atom. The van der Waals surface area contributed by atoms with Crippen molar-refractivity contribution in [2.75, 3.05) is 0 Å². The maximum atomic E-state index is 4.72. The van der Waals surface area contributed by atoms with Crippen LogP contribution in [0.25, 0.3) is 22.5 Å². The van der Waals surface area contributed by atoms with E-state index in [0.29, 0.717) is 5.82 Å². The molecule has 2 heterocycles. The van der Waals surface area contributed by atoms with Gasteiger partial charge in [0, 0.05) is 18.4 Å². The van der Waals surface area contributed by atoms with Crippen LogP contribution in [0.5, 0.6) is 0 Å². The first-order valence-corrected chi connectivity index (χ1v) is 10.1. The Balaban J connectivity index is 1.54. The monoisotopic (exact) mass is 387 g/mol. The molecule has 0 aliphatic rings. The first-order valence-electron chi connectivity index (χ1n) is 10.1. The van der Waals surface area contributed by atoms with Crippen LogP contribution in [0.4, 0.5) is 0 Å². The summed E-state index contributed by atoms with van der Waals surface area (Å²) in [5, 5.41) is 18.8. The molecule has 148 valence electrons. The van der Waals surface area contributed by atoms with Crippen molar-refractivity contribution in [2.45, 2.75) is 46.1 Å². The number of rotatable bonds is 8. The highest BCUT2D eigenvalue weighted by Crippen LogP contribution is 2.24. The summed E-state index contributed by atoms with van der Waals surface area (Å²) in [4.78, 5) is 4.72. The van der Waals surface area contributed by atoms with Crippen molar-refractivity contribution in [3.63, 3.8) is 0 Å². The van der Waals surface area contributed by atoms with E-state index in [1.807, 2.05) is 12.1 Å². The van der Waals surface area contributed by atoms with Gasteiger partial charge in [0.15, 0.2) is 11.6 Å². The molecule has 0 atom stereocenters. The van der Waals surface area contributed by atoms with Gasteiger partial charge < -0.3 is 0 Å². The van der Waals surface area contributed by atoms with E-state index in [1.54, 1.807) is 0 Å². The predicted molar refractivity (Wildman–Crippen MR) is 112 cm³/mol. The summed E-state index contributed by atoms with van der Waals surface area (Å²) in [6.07, 6.45) is 4.02. The molecule has 0 radical (unpaired) electrons. The van der Waals surface area contributed by atoms with E-state index < -0.39 is 0 Å². The minimum absolute atomic E-state index is 0.668. The average molecular weight is 387 g/mol. The van der Waals surface area contributed by atoms with Crippen LogP contribution in [0.2, 0.25) is 0 Å². The summed E-state index contributed by atoms with van der Waals surface area (Å²) in [6, 6.07) is 16.8. The second-order valence-corrected chi connectivity index (χ2v) is 7.13. The Morgan fingerprint density at radius 3 is 2.41 bits per heavy atom. The smallest absolute Gasteiger partial charge is 0.179 e. The summed E-state index contributed by atoms with van der Waals surface area (Å²) in [7, 11) is 0. The van der Waals surface area contributed by atoms with Crippen molar-refractivity contribution in [1.82, 2.24) is 35.4 Å². The van der Waals surface area contributed by atoms with Gasteiger partial charge in [-0.3, -0.25) is 0 Å². The standard InChI is InChI=1S/C22H25N7/c1-3-6-20-23-21(7-4-2)29(26-20)15-16-10-12-17(13-11-16)18-8-5-9-19(14-18)22-24-27-28-25-22/h5,8-14H,3-4,6-7,15H2,1-2H3,(H,24,25,27,28). The molecule has 0 unspecified atom stereocenters. The fourth-order valence-corrected chi connectivity index (χ4v) is 3.39. The number of aromatic nitrogens is 7. The molecule has 2 aromatic carbocycles. The lowest BCUT2D eigenvalue weighted by Gasteiger charge is -2.08. The Labute approximate surface area is 170 Å². The normalized spacial score (nSPS) is 11.1. The third-order valence-corrected chi connectivity index (χ3v) is 4.84. The molecule has 0 saturated heterocycles. The Kier molecular flexibility index (Phi) is 5.74. The topological polar surface area (TPSA) is 85.2 Å². The van der Waals surface area contributed by atoms with Gasteiger partial charge in [-0.25, -0.2) is 14.8 Å². The molecule has 4 rings (SSSR count). The molecule has 1 N–H and O–H groups in total. The predicted octanol–water partition coefficient (Wildman–Crippen LogP) is 4.08. The van der Waals surface area contributed by atoms with Crippen LogP contribution < -0.4 is 0 Å². The minimum atomic E-state index is 0.668.